The van der Waals surface area contributed by atoms with E-state index in [1.54, 1.807) is 0 Å². The zero-order chi connectivity index (χ0) is 17.3. The van der Waals surface area contributed by atoms with E-state index in [2.05, 4.69) is 5.32 Å². The maximum absolute atomic E-state index is 11.1. The third kappa shape index (κ3) is 12.7. The normalized spacial score (nSPS) is 15.5. The average molecular weight is 347 g/mol. The first-order chi connectivity index (χ1) is 11.8. The molecule has 1 aliphatic heterocycles. The van der Waals surface area contributed by atoms with Crippen LogP contribution in [0.25, 0.3) is 0 Å². The number of carbonyl (C=O) groups excluding carboxylic acids is 1. The Hall–Kier alpha value is -0.730. The second-order valence-corrected chi connectivity index (χ2v) is 5.63. The van der Waals surface area contributed by atoms with Gasteiger partial charge in [0.25, 0.3) is 0 Å². The minimum Gasteiger partial charge on any atom is -0.463 e. The molecule has 1 heterocycles. The van der Waals surface area contributed by atoms with Gasteiger partial charge in [0.1, 0.15) is 6.61 Å². The van der Waals surface area contributed by atoms with Crippen LogP contribution in [0.1, 0.15) is 32.6 Å². The summed E-state index contributed by atoms with van der Waals surface area (Å²) in [4.78, 5) is 11.1. The number of nitrogens with one attached hydrogen (secondary N) is 1. The van der Waals surface area contributed by atoms with Crippen LogP contribution in [0.15, 0.2) is 0 Å². The topological polar surface area (TPSA) is 75.3 Å². The van der Waals surface area contributed by atoms with Crippen molar-refractivity contribution in [3.05, 3.63) is 0 Å². The standard InChI is InChI=1S/C17H33NO6/c1-2-3-17(19)24-15-13-22-11-9-20-8-10-21-12-14-23-16-4-6-18-7-5-16/h16,18H,2-15H2,1H3. The largest absolute Gasteiger partial charge is 0.463 e. The van der Waals surface area contributed by atoms with Crippen molar-refractivity contribution in [1.29, 1.82) is 0 Å². The van der Waals surface area contributed by atoms with Gasteiger partial charge >= 0.3 is 5.97 Å². The lowest BCUT2D eigenvalue weighted by molar-refractivity contribution is -0.145. The zero-order valence-corrected chi connectivity index (χ0v) is 14.9. The highest BCUT2D eigenvalue weighted by Gasteiger charge is 2.12. The quantitative estimate of drug-likeness (QED) is 0.352. The predicted octanol–water partition coefficient (Wildman–Crippen LogP) is 1.15. The lowest BCUT2D eigenvalue weighted by Crippen LogP contribution is -2.33. The summed E-state index contributed by atoms with van der Waals surface area (Å²) in [6.45, 7) is 8.10. The van der Waals surface area contributed by atoms with E-state index in [9.17, 15) is 4.79 Å². The highest BCUT2D eigenvalue weighted by atomic mass is 16.6. The average Bonchev–Trinajstić information content (AvgIpc) is 2.60. The Bertz CT molecular complexity index is 297. The zero-order valence-electron chi connectivity index (χ0n) is 14.9. The molecule has 1 fully saturated rings. The van der Waals surface area contributed by atoms with Gasteiger partial charge in [0.2, 0.25) is 0 Å². The van der Waals surface area contributed by atoms with Crippen LogP contribution in [0.2, 0.25) is 0 Å². The van der Waals surface area contributed by atoms with Crippen LogP contribution in [0.4, 0.5) is 0 Å². The number of hydrogen-bond donors (Lipinski definition) is 1. The van der Waals surface area contributed by atoms with Gasteiger partial charge in [-0.2, -0.15) is 0 Å². The van der Waals surface area contributed by atoms with E-state index in [-0.39, 0.29) is 5.97 Å². The van der Waals surface area contributed by atoms with Crippen LogP contribution in [0, 0.1) is 0 Å². The summed E-state index contributed by atoms with van der Waals surface area (Å²) in [6, 6.07) is 0. The molecular formula is C17H33NO6. The van der Waals surface area contributed by atoms with Gasteiger partial charge < -0.3 is 29.0 Å². The van der Waals surface area contributed by atoms with E-state index < -0.39 is 0 Å². The van der Waals surface area contributed by atoms with Crippen molar-refractivity contribution in [2.45, 2.75) is 38.7 Å². The van der Waals surface area contributed by atoms with Crippen molar-refractivity contribution < 1.29 is 28.5 Å². The predicted molar refractivity (Wildman–Crippen MR) is 90.2 cm³/mol. The van der Waals surface area contributed by atoms with E-state index >= 15 is 0 Å². The number of rotatable bonds is 15. The molecule has 0 radical (unpaired) electrons. The van der Waals surface area contributed by atoms with Gasteiger partial charge in [-0.15, -0.1) is 0 Å². The minimum atomic E-state index is -0.168. The van der Waals surface area contributed by atoms with Crippen molar-refractivity contribution in [3.63, 3.8) is 0 Å². The lowest BCUT2D eigenvalue weighted by atomic mass is 10.1. The third-order valence-electron chi connectivity index (χ3n) is 3.56. The minimum absolute atomic E-state index is 0.168. The lowest BCUT2D eigenvalue weighted by Gasteiger charge is -2.22. The van der Waals surface area contributed by atoms with Crippen LogP contribution in [-0.4, -0.2) is 78.0 Å². The first kappa shape index (κ1) is 21.3. The first-order valence-electron chi connectivity index (χ1n) is 9.04. The number of hydrogen-bond acceptors (Lipinski definition) is 7. The van der Waals surface area contributed by atoms with Crippen LogP contribution < -0.4 is 5.32 Å². The van der Waals surface area contributed by atoms with Crippen LogP contribution in [0.3, 0.4) is 0 Å². The van der Waals surface area contributed by atoms with Gasteiger partial charge in [0.05, 0.1) is 52.4 Å². The Labute approximate surface area is 145 Å². The summed E-state index contributed by atoms with van der Waals surface area (Å²) in [5, 5.41) is 3.31. The molecule has 7 heteroatoms. The Morgan fingerprint density at radius 3 is 2.00 bits per heavy atom. The molecule has 1 N–H and O–H groups in total. The molecule has 0 amide bonds. The van der Waals surface area contributed by atoms with Gasteiger partial charge in [0.15, 0.2) is 0 Å². The molecule has 1 aliphatic rings. The highest BCUT2D eigenvalue weighted by Crippen LogP contribution is 2.06. The fourth-order valence-corrected chi connectivity index (χ4v) is 2.27. The molecule has 0 saturated carbocycles. The maximum atomic E-state index is 11.1. The molecule has 0 atom stereocenters. The van der Waals surface area contributed by atoms with Crippen molar-refractivity contribution >= 4 is 5.97 Å². The molecule has 1 saturated heterocycles. The SMILES string of the molecule is CCCC(=O)OCCOCCOCCOCCOC1CCNCC1. The Kier molecular flexibility index (Phi) is 14.0. The molecule has 142 valence electrons. The van der Waals surface area contributed by atoms with Gasteiger partial charge in [-0.3, -0.25) is 4.79 Å². The van der Waals surface area contributed by atoms with E-state index in [0.29, 0.717) is 65.4 Å². The molecule has 7 nitrogen and oxygen atoms in total. The molecular weight excluding hydrogens is 314 g/mol. The molecule has 0 aliphatic carbocycles. The summed E-state index contributed by atoms with van der Waals surface area (Å²) < 4.78 is 26.9. The molecule has 24 heavy (non-hydrogen) atoms. The second-order valence-electron chi connectivity index (χ2n) is 5.63. The summed E-state index contributed by atoms with van der Waals surface area (Å²) in [5.41, 5.74) is 0. The molecule has 1 rings (SSSR count). The molecule has 0 aromatic heterocycles. The number of ether oxygens (including phenoxy) is 5. The maximum Gasteiger partial charge on any atom is 0.305 e. The van der Waals surface area contributed by atoms with E-state index in [0.717, 1.165) is 32.4 Å². The molecule has 0 aromatic carbocycles. The van der Waals surface area contributed by atoms with Crippen molar-refractivity contribution in [1.82, 2.24) is 5.32 Å². The summed E-state index contributed by atoms with van der Waals surface area (Å²) in [5.74, 6) is -0.168. The Morgan fingerprint density at radius 1 is 0.875 bits per heavy atom. The van der Waals surface area contributed by atoms with Gasteiger partial charge in [-0.05, 0) is 32.4 Å². The van der Waals surface area contributed by atoms with Gasteiger partial charge in [-0.1, -0.05) is 6.92 Å². The Balaban J connectivity index is 1.71. The first-order valence-corrected chi connectivity index (χ1v) is 9.04. The molecule has 0 unspecified atom stereocenters. The monoisotopic (exact) mass is 347 g/mol. The summed E-state index contributed by atoms with van der Waals surface area (Å²) in [7, 11) is 0. The fourth-order valence-electron chi connectivity index (χ4n) is 2.27. The van der Waals surface area contributed by atoms with Crippen molar-refractivity contribution in [3.8, 4) is 0 Å². The van der Waals surface area contributed by atoms with E-state index in [4.69, 9.17) is 23.7 Å². The summed E-state index contributed by atoms with van der Waals surface area (Å²) >= 11 is 0. The molecule has 0 spiro atoms. The fraction of sp³-hybridized carbons (Fsp3) is 0.941. The smallest absolute Gasteiger partial charge is 0.305 e. The van der Waals surface area contributed by atoms with Crippen molar-refractivity contribution in [2.24, 2.45) is 0 Å². The second kappa shape index (κ2) is 15.8. The van der Waals surface area contributed by atoms with E-state index in [1.807, 2.05) is 6.92 Å². The molecule has 0 aromatic rings. The highest BCUT2D eigenvalue weighted by molar-refractivity contribution is 5.69. The van der Waals surface area contributed by atoms with Gasteiger partial charge in [-0.25, -0.2) is 0 Å². The number of carbonyl (C=O) groups is 1. The third-order valence-corrected chi connectivity index (χ3v) is 3.56. The van der Waals surface area contributed by atoms with Crippen LogP contribution >= 0.6 is 0 Å². The van der Waals surface area contributed by atoms with Crippen LogP contribution in [-0.2, 0) is 28.5 Å². The van der Waals surface area contributed by atoms with Gasteiger partial charge in [0, 0.05) is 6.42 Å². The van der Waals surface area contributed by atoms with E-state index in [1.165, 1.54) is 0 Å². The van der Waals surface area contributed by atoms with Crippen LogP contribution in [0.5, 0.6) is 0 Å². The number of esters is 1. The Morgan fingerprint density at radius 2 is 1.42 bits per heavy atom. The summed E-state index contributed by atoms with van der Waals surface area (Å²) in [6.07, 6.45) is 3.82. The number of piperidine rings is 1. The van der Waals surface area contributed by atoms with Crippen molar-refractivity contribution in [2.75, 3.05) is 65.9 Å². The molecule has 0 bridgehead atoms.